The number of nitrogens with one attached hydrogen (secondary N) is 1. The minimum Gasteiger partial charge on any atom is -0.379 e. The molecule has 0 radical (unpaired) electrons. The lowest BCUT2D eigenvalue weighted by Crippen LogP contribution is -2.26. The molecule has 0 aromatic carbocycles. The summed E-state index contributed by atoms with van der Waals surface area (Å²) in [6.45, 7) is 3.99. The second kappa shape index (κ2) is 4.55. The summed E-state index contributed by atoms with van der Waals surface area (Å²) in [5.41, 5.74) is 1.41. The molecule has 1 unspecified atom stereocenters. The van der Waals surface area contributed by atoms with Crippen molar-refractivity contribution >= 4 is 0 Å². The van der Waals surface area contributed by atoms with E-state index in [1.807, 2.05) is 6.20 Å². The van der Waals surface area contributed by atoms with Crippen LogP contribution in [0.15, 0.2) is 12.4 Å². The summed E-state index contributed by atoms with van der Waals surface area (Å²) in [5.74, 6) is 0.706. The lowest BCUT2D eigenvalue weighted by molar-refractivity contribution is 0.184. The third kappa shape index (κ3) is 1.99. The fraction of sp³-hybridized carbons (Fsp3) is 0.750. The molecule has 2 aliphatic heterocycles. The lowest BCUT2D eigenvalue weighted by atomic mass is 9.93. The number of nitrogens with zero attached hydrogens (tertiary/aromatic N) is 2. The summed E-state index contributed by atoms with van der Waals surface area (Å²) in [6.07, 6.45) is 7.87. The van der Waals surface area contributed by atoms with Gasteiger partial charge in [-0.3, -0.25) is 4.68 Å². The van der Waals surface area contributed by atoms with Gasteiger partial charge < -0.3 is 10.1 Å². The summed E-state index contributed by atoms with van der Waals surface area (Å²) in [6, 6.07) is 0.468. The zero-order valence-electron chi connectivity index (χ0n) is 9.56. The van der Waals surface area contributed by atoms with E-state index in [1.165, 1.54) is 18.4 Å². The largest absolute Gasteiger partial charge is 0.379 e. The molecule has 2 aliphatic rings. The van der Waals surface area contributed by atoms with Crippen LogP contribution in [0.1, 0.15) is 36.8 Å². The van der Waals surface area contributed by atoms with E-state index in [1.54, 1.807) is 0 Å². The Morgan fingerprint density at radius 1 is 1.31 bits per heavy atom. The summed E-state index contributed by atoms with van der Waals surface area (Å²) in [4.78, 5) is 0. The van der Waals surface area contributed by atoms with Gasteiger partial charge >= 0.3 is 0 Å². The smallest absolute Gasteiger partial charge is 0.0774 e. The van der Waals surface area contributed by atoms with Crippen LogP contribution in [0.5, 0.6) is 0 Å². The van der Waals surface area contributed by atoms with Crippen molar-refractivity contribution in [2.45, 2.75) is 31.2 Å². The Morgan fingerprint density at radius 2 is 2.19 bits per heavy atom. The summed E-state index contributed by atoms with van der Waals surface area (Å²) >= 11 is 0. The van der Waals surface area contributed by atoms with E-state index in [-0.39, 0.29) is 0 Å². The van der Waals surface area contributed by atoms with Gasteiger partial charge in [0, 0.05) is 12.8 Å². The normalized spacial score (nSPS) is 27.4. The first kappa shape index (κ1) is 10.3. The fourth-order valence-electron chi connectivity index (χ4n) is 2.65. The third-order valence-corrected chi connectivity index (χ3v) is 3.71. The fourth-order valence-corrected chi connectivity index (χ4v) is 2.65. The maximum atomic E-state index is 5.40. The van der Waals surface area contributed by atoms with Gasteiger partial charge in [0.05, 0.1) is 18.8 Å². The van der Waals surface area contributed by atoms with Crippen LogP contribution in [0.25, 0.3) is 0 Å². The first-order valence-electron chi connectivity index (χ1n) is 6.26. The molecule has 1 N–H and O–H groups in total. The number of piperidine rings is 1. The Kier molecular flexibility index (Phi) is 2.93. The Morgan fingerprint density at radius 3 is 2.94 bits per heavy atom. The summed E-state index contributed by atoms with van der Waals surface area (Å²) in [7, 11) is 0. The maximum absolute atomic E-state index is 5.40. The van der Waals surface area contributed by atoms with E-state index in [2.05, 4.69) is 21.3 Å². The zero-order chi connectivity index (χ0) is 10.8. The van der Waals surface area contributed by atoms with Crippen LogP contribution in [-0.2, 0) is 4.74 Å². The highest BCUT2D eigenvalue weighted by atomic mass is 16.5. The molecule has 1 aromatic rings. The molecule has 1 aromatic heterocycles. The van der Waals surface area contributed by atoms with E-state index in [4.69, 9.17) is 4.74 Å². The molecular weight excluding hydrogens is 202 g/mol. The van der Waals surface area contributed by atoms with Gasteiger partial charge in [0.15, 0.2) is 0 Å². The molecule has 3 rings (SSSR count). The Hall–Kier alpha value is -0.870. The van der Waals surface area contributed by atoms with Crippen LogP contribution < -0.4 is 5.32 Å². The molecule has 4 heteroatoms. The van der Waals surface area contributed by atoms with E-state index >= 15 is 0 Å². The van der Waals surface area contributed by atoms with Crippen molar-refractivity contribution < 1.29 is 4.74 Å². The highest BCUT2D eigenvalue weighted by Crippen LogP contribution is 2.26. The standard InChI is InChI=1S/C12H19N3O/c1-4-13-5-2-10(1)11-7-14-15(8-11)12-3-6-16-9-12/h7-8,10,12-13H,1-6,9H2. The van der Waals surface area contributed by atoms with Gasteiger partial charge in [-0.25, -0.2) is 0 Å². The summed E-state index contributed by atoms with van der Waals surface area (Å²) < 4.78 is 7.50. The van der Waals surface area contributed by atoms with Gasteiger partial charge in [-0.2, -0.15) is 5.10 Å². The van der Waals surface area contributed by atoms with Crippen molar-refractivity contribution in [1.82, 2.24) is 15.1 Å². The minimum atomic E-state index is 0.468. The van der Waals surface area contributed by atoms with E-state index in [0.29, 0.717) is 12.0 Å². The number of ether oxygens (including phenoxy) is 1. The Labute approximate surface area is 96.0 Å². The molecule has 1 atom stereocenters. The topological polar surface area (TPSA) is 39.1 Å². The minimum absolute atomic E-state index is 0.468. The van der Waals surface area contributed by atoms with Gasteiger partial charge in [0.1, 0.15) is 0 Å². The van der Waals surface area contributed by atoms with Crippen LogP contribution in [0, 0.1) is 0 Å². The predicted molar refractivity (Wildman–Crippen MR) is 61.5 cm³/mol. The van der Waals surface area contributed by atoms with Gasteiger partial charge in [-0.15, -0.1) is 0 Å². The highest BCUT2D eigenvalue weighted by molar-refractivity contribution is 5.12. The molecular formula is C12H19N3O. The van der Waals surface area contributed by atoms with Gasteiger partial charge in [-0.05, 0) is 43.8 Å². The summed E-state index contributed by atoms with van der Waals surface area (Å²) in [5, 5.41) is 7.89. The lowest BCUT2D eigenvalue weighted by Gasteiger charge is -2.21. The van der Waals surface area contributed by atoms with Crippen LogP contribution in [-0.4, -0.2) is 36.1 Å². The van der Waals surface area contributed by atoms with Gasteiger partial charge in [0.2, 0.25) is 0 Å². The molecule has 2 fully saturated rings. The first-order valence-corrected chi connectivity index (χ1v) is 6.26. The first-order chi connectivity index (χ1) is 7.93. The predicted octanol–water partition coefficient (Wildman–Crippen LogP) is 1.31. The van der Waals surface area contributed by atoms with Crippen molar-refractivity contribution in [3.8, 4) is 0 Å². The average Bonchev–Trinajstić information content (AvgIpc) is 3.01. The molecule has 0 amide bonds. The third-order valence-electron chi connectivity index (χ3n) is 3.71. The second-order valence-electron chi connectivity index (χ2n) is 4.80. The van der Waals surface area contributed by atoms with Crippen molar-refractivity contribution in [3.05, 3.63) is 18.0 Å². The number of hydrogen-bond acceptors (Lipinski definition) is 3. The molecule has 0 aliphatic carbocycles. The van der Waals surface area contributed by atoms with Crippen molar-refractivity contribution in [3.63, 3.8) is 0 Å². The molecule has 88 valence electrons. The molecule has 0 bridgehead atoms. The highest BCUT2D eigenvalue weighted by Gasteiger charge is 2.21. The monoisotopic (exact) mass is 221 g/mol. The quantitative estimate of drug-likeness (QED) is 0.818. The van der Waals surface area contributed by atoms with Crippen molar-refractivity contribution in [1.29, 1.82) is 0 Å². The SMILES string of the molecule is c1nn(C2CCOC2)cc1C1CCNCC1. The van der Waals surface area contributed by atoms with Crippen LogP contribution in [0.2, 0.25) is 0 Å². The number of aromatic nitrogens is 2. The van der Waals surface area contributed by atoms with Crippen molar-refractivity contribution in [2.24, 2.45) is 0 Å². The van der Waals surface area contributed by atoms with Gasteiger partial charge in [0.25, 0.3) is 0 Å². The molecule has 16 heavy (non-hydrogen) atoms. The van der Waals surface area contributed by atoms with E-state index in [9.17, 15) is 0 Å². The van der Waals surface area contributed by atoms with Crippen LogP contribution in [0.3, 0.4) is 0 Å². The molecule has 3 heterocycles. The molecule has 0 saturated carbocycles. The van der Waals surface area contributed by atoms with Crippen molar-refractivity contribution in [2.75, 3.05) is 26.3 Å². The zero-order valence-corrected chi connectivity index (χ0v) is 9.56. The molecule has 0 spiro atoms. The van der Waals surface area contributed by atoms with E-state index in [0.717, 1.165) is 32.7 Å². The average molecular weight is 221 g/mol. The second-order valence-corrected chi connectivity index (χ2v) is 4.80. The van der Waals surface area contributed by atoms with Crippen LogP contribution in [0.4, 0.5) is 0 Å². The Bertz CT molecular complexity index is 338. The maximum Gasteiger partial charge on any atom is 0.0774 e. The molecule has 2 saturated heterocycles. The van der Waals surface area contributed by atoms with E-state index < -0.39 is 0 Å². The molecule has 4 nitrogen and oxygen atoms in total. The number of rotatable bonds is 2. The Balaban J connectivity index is 1.71. The van der Waals surface area contributed by atoms with Crippen LogP contribution >= 0.6 is 0 Å². The number of hydrogen-bond donors (Lipinski definition) is 1. The van der Waals surface area contributed by atoms with Gasteiger partial charge in [-0.1, -0.05) is 0 Å².